The molecular weight excluding hydrogens is 684 g/mol. The van der Waals surface area contributed by atoms with Crippen LogP contribution in [0.15, 0.2) is 34.9 Å². The molecule has 0 aromatic rings. The zero-order valence-electron chi connectivity index (χ0n) is 36.3. The van der Waals surface area contributed by atoms with Gasteiger partial charge in [0.2, 0.25) is 0 Å². The summed E-state index contributed by atoms with van der Waals surface area (Å²) in [6, 6.07) is 0. The molecular formula is C45H86O9. The van der Waals surface area contributed by atoms with Gasteiger partial charge < -0.3 is 46.0 Å². The number of aliphatic hydroxyl groups is 9. The van der Waals surface area contributed by atoms with E-state index < -0.39 is 45.8 Å². The van der Waals surface area contributed by atoms with Crippen molar-refractivity contribution in [3.8, 4) is 0 Å². The van der Waals surface area contributed by atoms with E-state index in [4.69, 9.17) is 5.11 Å². The third-order valence-corrected chi connectivity index (χ3v) is 11.5. The molecule has 0 bridgehead atoms. The number of hydrogen-bond acceptors (Lipinski definition) is 9. The first-order valence-corrected chi connectivity index (χ1v) is 20.9. The zero-order chi connectivity index (χ0) is 41.9. The maximum atomic E-state index is 11.0. The van der Waals surface area contributed by atoms with E-state index in [0.29, 0.717) is 103 Å². The fourth-order valence-corrected chi connectivity index (χ4v) is 7.06. The van der Waals surface area contributed by atoms with Crippen molar-refractivity contribution in [1.82, 2.24) is 0 Å². The molecule has 9 N–H and O–H groups in total. The minimum atomic E-state index is -1.21. The van der Waals surface area contributed by atoms with Crippen LogP contribution in [-0.4, -0.2) is 98.4 Å². The van der Waals surface area contributed by atoms with Crippen molar-refractivity contribution in [3.63, 3.8) is 0 Å². The van der Waals surface area contributed by atoms with Gasteiger partial charge in [-0.15, -0.1) is 0 Å². The molecule has 0 aromatic carbocycles. The molecule has 0 saturated heterocycles. The smallest absolute Gasteiger partial charge is 0.0880 e. The van der Waals surface area contributed by atoms with Gasteiger partial charge >= 0.3 is 0 Å². The minimum absolute atomic E-state index is 0.0133. The summed E-state index contributed by atoms with van der Waals surface area (Å²) in [5.74, 6) is 0. The average molecular weight is 771 g/mol. The Balaban J connectivity index is 4.41. The first-order valence-electron chi connectivity index (χ1n) is 20.9. The molecule has 7 atom stereocenters. The molecule has 0 aliphatic rings. The Morgan fingerprint density at radius 2 is 0.833 bits per heavy atom. The molecule has 54 heavy (non-hydrogen) atoms. The molecule has 320 valence electrons. The van der Waals surface area contributed by atoms with Crippen LogP contribution in [0.25, 0.3) is 0 Å². The Morgan fingerprint density at radius 3 is 1.28 bits per heavy atom. The van der Waals surface area contributed by atoms with Crippen molar-refractivity contribution in [3.05, 3.63) is 34.9 Å². The molecule has 9 nitrogen and oxygen atoms in total. The second kappa shape index (κ2) is 24.6. The molecule has 0 aromatic heterocycles. The lowest BCUT2D eigenvalue weighted by atomic mass is 9.84. The molecule has 0 heterocycles. The largest absolute Gasteiger partial charge is 0.392 e. The third kappa shape index (κ3) is 26.7. The summed E-state index contributed by atoms with van der Waals surface area (Å²) in [5, 5.41) is 93.8. The van der Waals surface area contributed by atoms with E-state index >= 15 is 0 Å². The molecule has 0 saturated carbocycles. The highest BCUT2D eigenvalue weighted by molar-refractivity contribution is 5.05. The van der Waals surface area contributed by atoms with Gasteiger partial charge in [-0.2, -0.15) is 0 Å². The van der Waals surface area contributed by atoms with Crippen molar-refractivity contribution in [2.75, 3.05) is 6.61 Å². The molecule has 0 unspecified atom stereocenters. The number of hydrogen-bond donors (Lipinski definition) is 9. The topological polar surface area (TPSA) is 182 Å². The van der Waals surface area contributed by atoms with Crippen molar-refractivity contribution >= 4 is 0 Å². The molecule has 0 fully saturated rings. The maximum Gasteiger partial charge on any atom is 0.0880 e. The normalized spacial score (nSPS) is 20.4. The van der Waals surface area contributed by atoms with Crippen LogP contribution in [0, 0.1) is 0 Å². The van der Waals surface area contributed by atoms with Gasteiger partial charge in [0.05, 0.1) is 52.4 Å². The Kier molecular flexibility index (Phi) is 24.1. The second-order valence-corrected chi connectivity index (χ2v) is 18.9. The fraction of sp³-hybridized carbons (Fsp3) is 0.867. The van der Waals surface area contributed by atoms with Crippen molar-refractivity contribution < 1.29 is 46.0 Å². The second-order valence-electron chi connectivity index (χ2n) is 18.9. The number of allylic oxidation sites excluding steroid dienone is 5. The summed E-state index contributed by atoms with van der Waals surface area (Å²) < 4.78 is 0. The molecule has 0 rings (SSSR count). The SMILES string of the molecule is C/C(=C\CC[C@](C)(O)[C@H](O)CC/C(C)=C/CO)CC/C=C(\C)CCC[C@@](C)(O)CCC[C@@](C)(O)CCC[C@](C)(O)CCC[C@@](C)(O)CC[C@@H](O)C(C)(C)O. The third-order valence-electron chi connectivity index (χ3n) is 11.5. The first kappa shape index (κ1) is 52.9. The number of aliphatic hydroxyl groups excluding tert-OH is 3. The van der Waals surface area contributed by atoms with Crippen LogP contribution >= 0.6 is 0 Å². The van der Waals surface area contributed by atoms with Crippen LogP contribution in [0.1, 0.15) is 198 Å². The highest BCUT2D eigenvalue weighted by Crippen LogP contribution is 2.31. The van der Waals surface area contributed by atoms with E-state index in [1.807, 2.05) is 20.8 Å². The van der Waals surface area contributed by atoms with Gasteiger partial charge in [-0.1, -0.05) is 34.9 Å². The Morgan fingerprint density at radius 1 is 0.444 bits per heavy atom. The van der Waals surface area contributed by atoms with Crippen LogP contribution < -0.4 is 0 Å². The zero-order valence-corrected chi connectivity index (χ0v) is 36.3. The molecule has 0 aliphatic carbocycles. The van der Waals surface area contributed by atoms with E-state index in [-0.39, 0.29) is 6.61 Å². The lowest BCUT2D eigenvalue weighted by Crippen LogP contribution is -2.39. The molecule has 0 spiro atoms. The van der Waals surface area contributed by atoms with E-state index in [1.54, 1.807) is 40.7 Å². The van der Waals surface area contributed by atoms with Crippen LogP contribution in [0.4, 0.5) is 0 Å². The number of rotatable bonds is 31. The van der Waals surface area contributed by atoms with Crippen LogP contribution in [0.5, 0.6) is 0 Å². The minimum Gasteiger partial charge on any atom is -0.392 e. The van der Waals surface area contributed by atoms with Gasteiger partial charge in [0, 0.05) is 0 Å². The lowest BCUT2D eigenvalue weighted by molar-refractivity contribution is -0.0691. The highest BCUT2D eigenvalue weighted by Gasteiger charge is 2.31. The van der Waals surface area contributed by atoms with Crippen molar-refractivity contribution in [2.45, 2.75) is 243 Å². The molecule has 0 amide bonds. The summed E-state index contributed by atoms with van der Waals surface area (Å²) in [4.78, 5) is 0. The predicted molar refractivity (Wildman–Crippen MR) is 222 cm³/mol. The Labute approximate surface area is 330 Å². The lowest BCUT2D eigenvalue weighted by Gasteiger charge is -2.31. The quantitative estimate of drug-likeness (QED) is 0.0317. The average Bonchev–Trinajstić information content (AvgIpc) is 3.01. The van der Waals surface area contributed by atoms with E-state index in [2.05, 4.69) is 26.0 Å². The standard InChI is InChI=1S/C45H86O9/c1-35(17-11-18-36(2)20-13-32-45(10,54)39(48)22-21-37(3)24-34-46)19-12-25-41(6,50)26-14-27-42(7,51)28-15-29-43(8,52)30-16-31-44(9,53)33-23-38(47)40(4,5)49/h17,20,24,38-39,46-54H,11-16,18-19,21-23,25-34H2,1-10H3/b35-17+,36-20+,37-24+/t38-,39-,41-,42-,43+,44-,45+/m1/s1. The van der Waals surface area contributed by atoms with Gasteiger partial charge in [0.15, 0.2) is 0 Å². The molecule has 0 radical (unpaired) electrons. The van der Waals surface area contributed by atoms with Gasteiger partial charge in [-0.05, 0) is 198 Å². The van der Waals surface area contributed by atoms with Gasteiger partial charge in [-0.25, -0.2) is 0 Å². The van der Waals surface area contributed by atoms with Crippen LogP contribution in [-0.2, 0) is 0 Å². The first-order chi connectivity index (χ1) is 24.6. The van der Waals surface area contributed by atoms with Crippen molar-refractivity contribution in [1.29, 1.82) is 0 Å². The van der Waals surface area contributed by atoms with E-state index in [0.717, 1.165) is 31.3 Å². The van der Waals surface area contributed by atoms with Crippen LogP contribution in [0.3, 0.4) is 0 Å². The summed E-state index contributed by atoms with van der Waals surface area (Å²) in [6.07, 6.45) is 17.1. The van der Waals surface area contributed by atoms with Crippen molar-refractivity contribution in [2.24, 2.45) is 0 Å². The maximum absolute atomic E-state index is 11.0. The Bertz CT molecular complexity index is 1110. The van der Waals surface area contributed by atoms with Crippen LogP contribution in [0.2, 0.25) is 0 Å². The Hall–Kier alpha value is -1.14. The fourth-order valence-electron chi connectivity index (χ4n) is 7.06. The summed E-state index contributed by atoms with van der Waals surface area (Å²) in [5.41, 5.74) is -2.36. The molecule has 0 aliphatic heterocycles. The predicted octanol–water partition coefficient (Wildman–Crippen LogP) is 7.87. The van der Waals surface area contributed by atoms with Gasteiger partial charge in [-0.3, -0.25) is 0 Å². The van der Waals surface area contributed by atoms with Gasteiger partial charge in [0.1, 0.15) is 0 Å². The van der Waals surface area contributed by atoms with E-state index in [1.165, 1.54) is 11.1 Å². The van der Waals surface area contributed by atoms with Gasteiger partial charge in [0.25, 0.3) is 0 Å². The van der Waals surface area contributed by atoms with E-state index in [9.17, 15) is 40.9 Å². The summed E-state index contributed by atoms with van der Waals surface area (Å²) in [7, 11) is 0. The summed E-state index contributed by atoms with van der Waals surface area (Å²) >= 11 is 0. The summed E-state index contributed by atoms with van der Waals surface area (Å²) in [6.45, 7) is 18.2. The monoisotopic (exact) mass is 771 g/mol. The highest BCUT2D eigenvalue weighted by atomic mass is 16.3. The molecule has 9 heteroatoms.